The molecule has 0 saturated carbocycles. The minimum Gasteiger partial charge on any atom is -0.479 e. The van der Waals surface area contributed by atoms with Crippen LogP contribution in [0.25, 0.3) is 0 Å². The lowest BCUT2D eigenvalue weighted by atomic mass is 10.1. The quantitative estimate of drug-likeness (QED) is 0.692. The molecule has 8 heteroatoms. The summed E-state index contributed by atoms with van der Waals surface area (Å²) in [5, 5.41) is 20.4. The summed E-state index contributed by atoms with van der Waals surface area (Å²) < 4.78 is 0. The van der Waals surface area contributed by atoms with Crippen molar-refractivity contribution >= 4 is 29.3 Å². The number of urea groups is 1. The highest BCUT2D eigenvalue weighted by Gasteiger charge is 2.24. The molecule has 0 aliphatic rings. The van der Waals surface area contributed by atoms with Gasteiger partial charge in [0.1, 0.15) is 0 Å². The van der Waals surface area contributed by atoms with Crippen molar-refractivity contribution in [2.45, 2.75) is 6.04 Å². The fraction of sp³-hybridized carbons (Fsp3) is 0.0833. The zero-order valence-electron chi connectivity index (χ0n) is 10.1. The van der Waals surface area contributed by atoms with Crippen molar-refractivity contribution < 1.29 is 14.7 Å². The average molecular weight is 295 g/mol. The molecule has 4 N–H and O–H groups in total. The third kappa shape index (κ3) is 3.27. The second-order valence-electron chi connectivity index (χ2n) is 3.88. The van der Waals surface area contributed by atoms with Crippen molar-refractivity contribution in [1.82, 2.24) is 15.5 Å². The van der Waals surface area contributed by atoms with Crippen LogP contribution < -0.4 is 10.6 Å². The first-order valence-electron chi connectivity index (χ1n) is 5.61. The number of benzene rings is 1. The van der Waals surface area contributed by atoms with Crippen LogP contribution >= 0.6 is 11.6 Å². The Bertz CT molecular complexity index is 615. The maximum atomic E-state index is 11.7. The second kappa shape index (κ2) is 6.07. The number of nitrogens with zero attached hydrogens (tertiary/aromatic N) is 1. The highest BCUT2D eigenvalue weighted by atomic mass is 35.5. The number of halogens is 1. The number of aromatic nitrogens is 2. The third-order valence-corrected chi connectivity index (χ3v) is 2.84. The van der Waals surface area contributed by atoms with E-state index in [-0.39, 0.29) is 5.02 Å². The van der Waals surface area contributed by atoms with Crippen molar-refractivity contribution in [2.75, 3.05) is 5.32 Å². The van der Waals surface area contributed by atoms with Crippen molar-refractivity contribution in [1.29, 1.82) is 0 Å². The van der Waals surface area contributed by atoms with Crippen molar-refractivity contribution in [3.05, 3.63) is 47.2 Å². The molecular formula is C12H11ClN4O3. The summed E-state index contributed by atoms with van der Waals surface area (Å²) in [5.74, 6) is -1.21. The summed E-state index contributed by atoms with van der Waals surface area (Å²) in [6.07, 6.45) is 2.86. The molecule has 7 nitrogen and oxygen atoms in total. The number of rotatable bonds is 4. The molecule has 2 amide bonds. The Kier molecular flexibility index (Phi) is 4.21. The predicted molar refractivity (Wildman–Crippen MR) is 72.6 cm³/mol. The largest absolute Gasteiger partial charge is 0.479 e. The first-order chi connectivity index (χ1) is 9.58. The maximum absolute atomic E-state index is 11.7. The molecular weight excluding hydrogens is 284 g/mol. The Morgan fingerprint density at radius 1 is 1.35 bits per heavy atom. The second-order valence-corrected chi connectivity index (χ2v) is 4.29. The number of carboxylic acid groups (broad SMARTS) is 1. The number of hydrogen-bond donors (Lipinski definition) is 4. The normalized spacial score (nSPS) is 11.7. The minimum absolute atomic E-state index is 0.267. The smallest absolute Gasteiger partial charge is 0.331 e. The molecule has 0 spiro atoms. The Hall–Kier alpha value is -2.54. The van der Waals surface area contributed by atoms with Gasteiger partial charge in [-0.1, -0.05) is 29.8 Å². The molecule has 0 aliphatic carbocycles. The molecule has 2 aromatic rings. The van der Waals surface area contributed by atoms with Crippen LogP contribution in [0, 0.1) is 0 Å². The molecule has 20 heavy (non-hydrogen) atoms. The zero-order valence-corrected chi connectivity index (χ0v) is 10.9. The van der Waals surface area contributed by atoms with E-state index in [1.807, 2.05) is 0 Å². The Labute approximate surface area is 119 Å². The summed E-state index contributed by atoms with van der Waals surface area (Å²) in [7, 11) is 0. The molecule has 0 radical (unpaired) electrons. The Morgan fingerprint density at radius 2 is 2.10 bits per heavy atom. The summed E-state index contributed by atoms with van der Waals surface area (Å²) in [6, 6.07) is 4.51. The number of hydrogen-bond acceptors (Lipinski definition) is 3. The van der Waals surface area contributed by atoms with Crippen LogP contribution in [0.15, 0.2) is 36.7 Å². The van der Waals surface area contributed by atoms with Crippen LogP contribution in [0.1, 0.15) is 11.6 Å². The van der Waals surface area contributed by atoms with Gasteiger partial charge in [0.2, 0.25) is 0 Å². The fourth-order valence-electron chi connectivity index (χ4n) is 1.60. The van der Waals surface area contributed by atoms with E-state index >= 15 is 0 Å². The summed E-state index contributed by atoms with van der Waals surface area (Å²) in [4.78, 5) is 23.0. The lowest BCUT2D eigenvalue weighted by molar-refractivity contribution is -0.139. The highest BCUT2D eigenvalue weighted by molar-refractivity contribution is 6.31. The number of amides is 2. The van der Waals surface area contributed by atoms with Gasteiger partial charge in [-0.25, -0.2) is 9.59 Å². The van der Waals surface area contributed by atoms with Crippen LogP contribution in [0.2, 0.25) is 5.02 Å². The van der Waals surface area contributed by atoms with E-state index < -0.39 is 18.0 Å². The number of aromatic amines is 1. The monoisotopic (exact) mass is 294 g/mol. The van der Waals surface area contributed by atoms with E-state index in [1.54, 1.807) is 24.3 Å². The summed E-state index contributed by atoms with van der Waals surface area (Å²) >= 11 is 5.94. The molecule has 0 unspecified atom stereocenters. The fourth-order valence-corrected chi connectivity index (χ4v) is 1.84. The van der Waals surface area contributed by atoms with Gasteiger partial charge in [-0.05, 0) is 6.07 Å². The zero-order chi connectivity index (χ0) is 14.5. The van der Waals surface area contributed by atoms with Gasteiger partial charge in [0.25, 0.3) is 0 Å². The molecule has 0 saturated heterocycles. The lowest BCUT2D eigenvalue weighted by Crippen LogP contribution is -2.36. The van der Waals surface area contributed by atoms with E-state index in [4.69, 9.17) is 11.6 Å². The number of carboxylic acids is 1. The third-order valence-electron chi connectivity index (χ3n) is 2.49. The van der Waals surface area contributed by atoms with Crippen molar-refractivity contribution in [2.24, 2.45) is 0 Å². The van der Waals surface area contributed by atoms with Crippen LogP contribution in [0.5, 0.6) is 0 Å². The minimum atomic E-state index is -1.24. The van der Waals surface area contributed by atoms with Gasteiger partial charge in [0.05, 0.1) is 11.9 Å². The summed E-state index contributed by atoms with van der Waals surface area (Å²) in [5.41, 5.74) is 0.731. The van der Waals surface area contributed by atoms with E-state index in [1.165, 1.54) is 12.4 Å². The number of anilines is 1. The SMILES string of the molecule is O=C(Nc1cn[nH]c1)N[C@@H](C(=O)O)c1ccccc1Cl. The molecule has 104 valence electrons. The number of carbonyl (C=O) groups excluding carboxylic acids is 1. The maximum Gasteiger partial charge on any atom is 0.331 e. The van der Waals surface area contributed by atoms with Gasteiger partial charge in [-0.3, -0.25) is 5.10 Å². The standard InChI is InChI=1S/C12H11ClN4O3/c13-9-4-2-1-3-8(9)10(11(18)19)17-12(20)16-7-5-14-15-6-7/h1-6,10H,(H,14,15)(H,18,19)(H2,16,17,20)/t10-/m1/s1. The first kappa shape index (κ1) is 13.9. The van der Waals surface area contributed by atoms with Gasteiger partial charge in [-0.15, -0.1) is 0 Å². The van der Waals surface area contributed by atoms with E-state index in [9.17, 15) is 14.7 Å². The molecule has 1 atom stereocenters. The van der Waals surface area contributed by atoms with Gasteiger partial charge in [0, 0.05) is 16.8 Å². The molecule has 1 aromatic heterocycles. The lowest BCUT2D eigenvalue weighted by Gasteiger charge is -2.16. The molecule has 0 aliphatic heterocycles. The number of nitrogens with one attached hydrogen (secondary N) is 3. The van der Waals surface area contributed by atoms with Crippen molar-refractivity contribution in [3.63, 3.8) is 0 Å². The Morgan fingerprint density at radius 3 is 2.70 bits per heavy atom. The number of aliphatic carboxylic acids is 1. The van der Waals surface area contributed by atoms with Crippen LogP contribution in [0.4, 0.5) is 10.5 Å². The first-order valence-corrected chi connectivity index (χ1v) is 5.99. The van der Waals surface area contributed by atoms with Crippen molar-refractivity contribution in [3.8, 4) is 0 Å². The molecule has 1 aromatic carbocycles. The molecule has 2 rings (SSSR count). The van der Waals surface area contributed by atoms with Crippen LogP contribution in [-0.2, 0) is 4.79 Å². The van der Waals surface area contributed by atoms with Gasteiger partial charge in [-0.2, -0.15) is 5.10 Å². The summed E-state index contributed by atoms with van der Waals surface area (Å²) in [6.45, 7) is 0. The van der Waals surface area contributed by atoms with Crippen LogP contribution in [0.3, 0.4) is 0 Å². The molecule has 0 fully saturated rings. The highest BCUT2D eigenvalue weighted by Crippen LogP contribution is 2.23. The van der Waals surface area contributed by atoms with Gasteiger partial charge < -0.3 is 15.7 Å². The topological polar surface area (TPSA) is 107 Å². The molecule has 1 heterocycles. The predicted octanol–water partition coefficient (Wildman–Crippen LogP) is 2.01. The van der Waals surface area contributed by atoms with E-state index in [2.05, 4.69) is 20.8 Å². The molecule has 0 bridgehead atoms. The number of carbonyl (C=O) groups is 2. The van der Waals surface area contributed by atoms with Crippen LogP contribution in [-0.4, -0.2) is 27.3 Å². The van der Waals surface area contributed by atoms with Gasteiger partial charge >= 0.3 is 12.0 Å². The average Bonchev–Trinajstić information content (AvgIpc) is 2.89. The number of H-pyrrole nitrogens is 1. The van der Waals surface area contributed by atoms with E-state index in [0.29, 0.717) is 11.3 Å². The van der Waals surface area contributed by atoms with E-state index in [0.717, 1.165) is 0 Å². The van der Waals surface area contributed by atoms with Gasteiger partial charge in [0.15, 0.2) is 6.04 Å². The Balaban J connectivity index is 2.12.